The standard InChI is InChI=1S/C11H18N2O3S/c1-11(2,8-16-3)13-9-6-4-5-7-10(9)17(12,14)15/h4-7,13H,8H2,1-3H3,(H2,12,14,15). The van der Waals surface area contributed by atoms with Gasteiger partial charge in [-0.05, 0) is 26.0 Å². The van der Waals surface area contributed by atoms with E-state index in [0.29, 0.717) is 12.3 Å². The molecule has 3 N–H and O–H groups in total. The van der Waals surface area contributed by atoms with Crippen LogP contribution in [-0.4, -0.2) is 27.7 Å². The van der Waals surface area contributed by atoms with Crippen LogP contribution < -0.4 is 10.5 Å². The topological polar surface area (TPSA) is 81.4 Å². The molecule has 1 aromatic rings. The van der Waals surface area contributed by atoms with E-state index in [9.17, 15) is 8.42 Å². The van der Waals surface area contributed by atoms with Gasteiger partial charge in [-0.2, -0.15) is 0 Å². The van der Waals surface area contributed by atoms with Gasteiger partial charge in [-0.15, -0.1) is 0 Å². The van der Waals surface area contributed by atoms with Gasteiger partial charge in [0.05, 0.1) is 17.8 Å². The second-order valence-electron chi connectivity index (χ2n) is 4.48. The molecular formula is C11H18N2O3S. The molecule has 6 heteroatoms. The van der Waals surface area contributed by atoms with Crippen LogP contribution in [-0.2, 0) is 14.8 Å². The molecule has 17 heavy (non-hydrogen) atoms. The quantitative estimate of drug-likeness (QED) is 0.830. The maximum Gasteiger partial charge on any atom is 0.240 e. The van der Waals surface area contributed by atoms with Crippen LogP contribution >= 0.6 is 0 Å². The van der Waals surface area contributed by atoms with E-state index in [2.05, 4.69) is 5.32 Å². The Labute approximate surface area is 102 Å². The molecule has 0 heterocycles. The van der Waals surface area contributed by atoms with E-state index in [0.717, 1.165) is 0 Å². The molecule has 1 aromatic carbocycles. The summed E-state index contributed by atoms with van der Waals surface area (Å²) < 4.78 is 27.9. The summed E-state index contributed by atoms with van der Waals surface area (Å²) in [6, 6.07) is 6.53. The van der Waals surface area contributed by atoms with Crippen molar-refractivity contribution in [3.05, 3.63) is 24.3 Å². The van der Waals surface area contributed by atoms with Gasteiger partial charge in [0.25, 0.3) is 0 Å². The first kappa shape index (κ1) is 14.0. The smallest absolute Gasteiger partial charge is 0.240 e. The van der Waals surface area contributed by atoms with Gasteiger partial charge >= 0.3 is 0 Å². The van der Waals surface area contributed by atoms with E-state index in [-0.39, 0.29) is 10.4 Å². The molecule has 96 valence electrons. The maximum absolute atomic E-state index is 11.4. The number of ether oxygens (including phenoxy) is 1. The highest BCUT2D eigenvalue weighted by atomic mass is 32.2. The highest BCUT2D eigenvalue weighted by molar-refractivity contribution is 7.89. The summed E-state index contributed by atoms with van der Waals surface area (Å²) in [5, 5.41) is 8.26. The highest BCUT2D eigenvalue weighted by Crippen LogP contribution is 2.23. The highest BCUT2D eigenvalue weighted by Gasteiger charge is 2.21. The number of hydrogen-bond donors (Lipinski definition) is 2. The summed E-state index contributed by atoms with van der Waals surface area (Å²) in [7, 11) is -2.13. The number of nitrogens with two attached hydrogens (primary N) is 1. The van der Waals surface area contributed by atoms with Gasteiger partial charge in [-0.1, -0.05) is 12.1 Å². The van der Waals surface area contributed by atoms with Crippen molar-refractivity contribution >= 4 is 15.7 Å². The summed E-state index contributed by atoms with van der Waals surface area (Å²) in [6.45, 7) is 4.28. The molecule has 0 aliphatic heterocycles. The largest absolute Gasteiger partial charge is 0.382 e. The van der Waals surface area contributed by atoms with Crippen LogP contribution in [0, 0.1) is 0 Å². The number of sulfonamides is 1. The summed E-state index contributed by atoms with van der Waals surface area (Å²) in [4.78, 5) is 0.0872. The van der Waals surface area contributed by atoms with Crippen LogP contribution in [0.15, 0.2) is 29.2 Å². The Hall–Kier alpha value is -1.11. The lowest BCUT2D eigenvalue weighted by atomic mass is 10.1. The fourth-order valence-corrected chi connectivity index (χ4v) is 2.27. The zero-order valence-electron chi connectivity index (χ0n) is 10.2. The Morgan fingerprint density at radius 1 is 1.35 bits per heavy atom. The van der Waals surface area contributed by atoms with Crippen molar-refractivity contribution in [3.8, 4) is 0 Å². The van der Waals surface area contributed by atoms with Gasteiger partial charge in [0.2, 0.25) is 10.0 Å². The van der Waals surface area contributed by atoms with Crippen molar-refractivity contribution in [1.29, 1.82) is 0 Å². The third-order valence-electron chi connectivity index (χ3n) is 2.17. The predicted octanol–water partition coefficient (Wildman–Crippen LogP) is 1.17. The van der Waals surface area contributed by atoms with Crippen LogP contribution in [0.2, 0.25) is 0 Å². The second kappa shape index (κ2) is 5.03. The number of para-hydroxylation sites is 1. The first-order valence-electron chi connectivity index (χ1n) is 5.15. The third-order valence-corrected chi connectivity index (χ3v) is 3.14. The Morgan fingerprint density at radius 3 is 2.47 bits per heavy atom. The number of nitrogens with one attached hydrogen (secondary N) is 1. The van der Waals surface area contributed by atoms with Gasteiger partial charge in [0.15, 0.2) is 0 Å². The number of anilines is 1. The van der Waals surface area contributed by atoms with Gasteiger partial charge in [0.1, 0.15) is 4.90 Å². The van der Waals surface area contributed by atoms with Gasteiger partial charge in [0, 0.05) is 7.11 Å². The van der Waals surface area contributed by atoms with Crippen molar-refractivity contribution in [1.82, 2.24) is 0 Å². The summed E-state index contributed by atoms with van der Waals surface area (Å²) in [6.07, 6.45) is 0. The summed E-state index contributed by atoms with van der Waals surface area (Å²) in [5.74, 6) is 0. The van der Waals surface area contributed by atoms with E-state index in [1.807, 2.05) is 13.8 Å². The molecule has 0 saturated carbocycles. The van der Waals surface area contributed by atoms with Crippen molar-refractivity contribution in [2.75, 3.05) is 19.0 Å². The average Bonchev–Trinajstić information content (AvgIpc) is 2.15. The van der Waals surface area contributed by atoms with Crippen molar-refractivity contribution in [3.63, 3.8) is 0 Å². The van der Waals surface area contributed by atoms with Gasteiger partial charge < -0.3 is 10.1 Å². The fourth-order valence-electron chi connectivity index (χ4n) is 1.58. The normalized spacial score (nSPS) is 12.5. The molecule has 0 atom stereocenters. The summed E-state index contributed by atoms with van der Waals surface area (Å²) >= 11 is 0. The fraction of sp³-hybridized carbons (Fsp3) is 0.455. The van der Waals surface area contributed by atoms with E-state index in [1.54, 1.807) is 25.3 Å². The van der Waals surface area contributed by atoms with Crippen LogP contribution in [0.3, 0.4) is 0 Å². The summed E-state index contributed by atoms with van der Waals surface area (Å²) in [5.41, 5.74) is 0.104. The van der Waals surface area contributed by atoms with Crippen LogP contribution in [0.1, 0.15) is 13.8 Å². The van der Waals surface area contributed by atoms with Crippen molar-refractivity contribution < 1.29 is 13.2 Å². The molecule has 0 aliphatic carbocycles. The molecule has 0 aromatic heterocycles. The Morgan fingerprint density at radius 2 is 1.94 bits per heavy atom. The van der Waals surface area contributed by atoms with Gasteiger partial charge in [-0.25, -0.2) is 13.6 Å². The van der Waals surface area contributed by atoms with Crippen LogP contribution in [0.5, 0.6) is 0 Å². The molecule has 0 amide bonds. The SMILES string of the molecule is COCC(C)(C)Nc1ccccc1S(N)(=O)=O. The van der Waals surface area contributed by atoms with E-state index < -0.39 is 10.0 Å². The lowest BCUT2D eigenvalue weighted by molar-refractivity contribution is 0.158. The molecule has 5 nitrogen and oxygen atoms in total. The van der Waals surface area contributed by atoms with Crippen molar-refractivity contribution in [2.24, 2.45) is 5.14 Å². The molecule has 0 radical (unpaired) electrons. The average molecular weight is 258 g/mol. The number of benzene rings is 1. The van der Waals surface area contributed by atoms with Crippen LogP contribution in [0.4, 0.5) is 5.69 Å². The Balaban J connectivity index is 3.08. The Bertz CT molecular complexity index is 483. The van der Waals surface area contributed by atoms with E-state index >= 15 is 0 Å². The number of hydrogen-bond acceptors (Lipinski definition) is 4. The predicted molar refractivity (Wildman–Crippen MR) is 67.4 cm³/mol. The minimum Gasteiger partial charge on any atom is -0.382 e. The molecular weight excluding hydrogens is 240 g/mol. The number of primary sulfonamides is 1. The van der Waals surface area contributed by atoms with Crippen molar-refractivity contribution in [2.45, 2.75) is 24.3 Å². The molecule has 0 saturated heterocycles. The minimum absolute atomic E-state index is 0.0872. The monoisotopic (exact) mass is 258 g/mol. The lowest BCUT2D eigenvalue weighted by Gasteiger charge is -2.27. The van der Waals surface area contributed by atoms with Gasteiger partial charge in [-0.3, -0.25) is 0 Å². The first-order chi connectivity index (χ1) is 7.76. The van der Waals surface area contributed by atoms with E-state index in [1.165, 1.54) is 6.07 Å². The number of methoxy groups -OCH3 is 1. The first-order valence-corrected chi connectivity index (χ1v) is 6.70. The third kappa shape index (κ3) is 3.99. The zero-order valence-corrected chi connectivity index (χ0v) is 11.0. The molecule has 1 rings (SSSR count). The zero-order chi connectivity index (χ0) is 13.1. The maximum atomic E-state index is 11.4. The molecule has 0 spiro atoms. The van der Waals surface area contributed by atoms with Crippen LogP contribution in [0.25, 0.3) is 0 Å². The Kier molecular flexibility index (Phi) is 4.13. The number of rotatable bonds is 5. The lowest BCUT2D eigenvalue weighted by Crippen LogP contribution is -2.36. The second-order valence-corrected chi connectivity index (χ2v) is 6.01. The minimum atomic E-state index is -3.72. The molecule has 0 fully saturated rings. The molecule has 0 bridgehead atoms. The molecule has 0 aliphatic rings. The molecule has 0 unspecified atom stereocenters. The van der Waals surface area contributed by atoms with E-state index in [4.69, 9.17) is 9.88 Å².